The molecule has 0 radical (unpaired) electrons. The van der Waals surface area contributed by atoms with E-state index < -0.39 is 0 Å². The van der Waals surface area contributed by atoms with Gasteiger partial charge in [0.2, 0.25) is 0 Å². The summed E-state index contributed by atoms with van der Waals surface area (Å²) >= 11 is 0. The third kappa shape index (κ3) is 3.58. The Labute approximate surface area is 99.2 Å². The number of hydrogen-bond donors (Lipinski definition) is 2. The van der Waals surface area contributed by atoms with E-state index in [4.69, 9.17) is 5.73 Å². The Balaban J connectivity index is 0.000000845. The maximum Gasteiger partial charge on any atom is 0.0181 e. The van der Waals surface area contributed by atoms with Crippen molar-refractivity contribution in [2.75, 3.05) is 13.1 Å². The Morgan fingerprint density at radius 2 is 1.71 bits per heavy atom. The van der Waals surface area contributed by atoms with Crippen molar-refractivity contribution >= 4 is 24.8 Å². The molecule has 0 amide bonds. The molecule has 2 aliphatic rings. The van der Waals surface area contributed by atoms with Crippen LogP contribution >= 0.6 is 24.8 Å². The largest absolute Gasteiger partial charge is 0.325 e. The van der Waals surface area contributed by atoms with Crippen LogP contribution in [0.1, 0.15) is 38.5 Å². The summed E-state index contributed by atoms with van der Waals surface area (Å²) in [7, 11) is 0. The molecule has 0 atom stereocenters. The number of rotatable bonds is 2. The van der Waals surface area contributed by atoms with E-state index >= 15 is 0 Å². The van der Waals surface area contributed by atoms with Gasteiger partial charge in [-0.1, -0.05) is 19.3 Å². The number of hydrogen-bond acceptors (Lipinski definition) is 2. The number of piperidine rings is 1. The van der Waals surface area contributed by atoms with Crippen molar-refractivity contribution in [3.8, 4) is 0 Å². The van der Waals surface area contributed by atoms with Crippen molar-refractivity contribution in [2.45, 2.75) is 44.1 Å². The highest BCUT2D eigenvalue weighted by atomic mass is 35.5. The van der Waals surface area contributed by atoms with Gasteiger partial charge in [-0.2, -0.15) is 0 Å². The fraction of sp³-hybridized carbons (Fsp3) is 1.00. The fourth-order valence-corrected chi connectivity index (χ4v) is 2.40. The van der Waals surface area contributed by atoms with Gasteiger partial charge in [0, 0.05) is 5.54 Å². The molecule has 0 aromatic rings. The maximum absolute atomic E-state index is 6.33. The first kappa shape index (κ1) is 14.5. The van der Waals surface area contributed by atoms with E-state index in [0.717, 1.165) is 19.0 Å². The van der Waals surface area contributed by atoms with Gasteiger partial charge in [-0.25, -0.2) is 0 Å². The second-order valence-corrected chi connectivity index (χ2v) is 4.61. The summed E-state index contributed by atoms with van der Waals surface area (Å²) in [6.45, 7) is 2.26. The van der Waals surface area contributed by atoms with Crippen molar-refractivity contribution in [2.24, 2.45) is 11.7 Å². The summed E-state index contributed by atoms with van der Waals surface area (Å²) in [5.41, 5.74) is 6.52. The van der Waals surface area contributed by atoms with Crippen molar-refractivity contribution in [1.82, 2.24) is 5.32 Å². The first-order valence-corrected chi connectivity index (χ1v) is 5.28. The monoisotopic (exact) mass is 240 g/mol. The molecular weight excluding hydrogens is 219 g/mol. The van der Waals surface area contributed by atoms with E-state index in [9.17, 15) is 0 Å². The first-order chi connectivity index (χ1) is 5.79. The summed E-state index contributed by atoms with van der Waals surface area (Å²) in [5, 5.41) is 3.37. The molecule has 4 heteroatoms. The van der Waals surface area contributed by atoms with E-state index in [2.05, 4.69) is 5.32 Å². The van der Waals surface area contributed by atoms with E-state index in [1.165, 1.54) is 38.5 Å². The average molecular weight is 241 g/mol. The smallest absolute Gasteiger partial charge is 0.0181 e. The van der Waals surface area contributed by atoms with Gasteiger partial charge in [-0.3, -0.25) is 0 Å². The molecule has 0 aromatic carbocycles. The molecule has 0 spiro atoms. The number of nitrogens with one attached hydrogen (secondary N) is 1. The molecule has 2 nitrogen and oxygen atoms in total. The van der Waals surface area contributed by atoms with Crippen LogP contribution in [0.25, 0.3) is 0 Å². The van der Waals surface area contributed by atoms with Crippen LogP contribution < -0.4 is 11.1 Å². The Morgan fingerprint density at radius 3 is 2.14 bits per heavy atom. The zero-order chi connectivity index (χ0) is 8.44. The lowest BCUT2D eigenvalue weighted by Gasteiger charge is -2.39. The molecule has 1 saturated heterocycles. The minimum absolute atomic E-state index is 0. The first-order valence-electron chi connectivity index (χ1n) is 5.28. The van der Waals surface area contributed by atoms with Gasteiger partial charge >= 0.3 is 0 Å². The molecule has 1 aliphatic carbocycles. The molecule has 0 unspecified atom stereocenters. The number of halogens is 2. The van der Waals surface area contributed by atoms with E-state index in [0.29, 0.717) is 0 Å². The zero-order valence-corrected chi connectivity index (χ0v) is 10.3. The predicted octanol–water partition coefficient (Wildman–Crippen LogP) is 2.10. The van der Waals surface area contributed by atoms with Crippen LogP contribution in [-0.4, -0.2) is 18.6 Å². The average Bonchev–Trinajstić information content (AvgIpc) is 1.99. The highest BCUT2D eigenvalue weighted by molar-refractivity contribution is 5.85. The zero-order valence-electron chi connectivity index (χ0n) is 8.63. The Bertz CT molecular complexity index is 154. The van der Waals surface area contributed by atoms with Crippen LogP contribution in [0.15, 0.2) is 0 Å². The van der Waals surface area contributed by atoms with Gasteiger partial charge in [-0.15, -0.1) is 24.8 Å². The summed E-state index contributed by atoms with van der Waals surface area (Å²) in [6, 6.07) is 0. The van der Waals surface area contributed by atoms with E-state index in [1.807, 2.05) is 0 Å². The lowest BCUT2D eigenvalue weighted by atomic mass is 9.73. The Morgan fingerprint density at radius 1 is 1.14 bits per heavy atom. The molecule has 2 rings (SSSR count). The normalized spacial score (nSPS) is 25.5. The fourth-order valence-electron chi connectivity index (χ4n) is 2.40. The topological polar surface area (TPSA) is 38.0 Å². The van der Waals surface area contributed by atoms with Crippen LogP contribution in [0.5, 0.6) is 0 Å². The Kier molecular flexibility index (Phi) is 6.38. The molecule has 3 N–H and O–H groups in total. The SMILES string of the molecule is Cl.Cl.NC1(CC2CCC2)CCNCC1. The van der Waals surface area contributed by atoms with Gasteiger partial charge in [0.25, 0.3) is 0 Å². The quantitative estimate of drug-likeness (QED) is 0.777. The molecule has 0 bridgehead atoms. The molecule has 1 heterocycles. The lowest BCUT2D eigenvalue weighted by molar-refractivity contribution is 0.190. The summed E-state index contributed by atoms with van der Waals surface area (Å²) in [4.78, 5) is 0. The Hall–Kier alpha value is 0.500. The van der Waals surface area contributed by atoms with E-state index in [1.54, 1.807) is 0 Å². The molecule has 0 aromatic heterocycles. The third-order valence-corrected chi connectivity index (χ3v) is 3.52. The van der Waals surface area contributed by atoms with Crippen LogP contribution in [0.4, 0.5) is 0 Å². The molecule has 1 saturated carbocycles. The summed E-state index contributed by atoms with van der Waals surface area (Å²) in [6.07, 6.45) is 7.97. The molecular formula is C10H22Cl2N2. The van der Waals surface area contributed by atoms with Crippen molar-refractivity contribution < 1.29 is 0 Å². The van der Waals surface area contributed by atoms with Crippen molar-refractivity contribution in [3.05, 3.63) is 0 Å². The van der Waals surface area contributed by atoms with Gasteiger partial charge in [0.05, 0.1) is 0 Å². The molecule has 14 heavy (non-hydrogen) atoms. The van der Waals surface area contributed by atoms with Gasteiger partial charge in [0.15, 0.2) is 0 Å². The maximum atomic E-state index is 6.33. The highest BCUT2D eigenvalue weighted by Crippen LogP contribution is 2.35. The highest BCUT2D eigenvalue weighted by Gasteiger charge is 2.32. The minimum Gasteiger partial charge on any atom is -0.325 e. The molecule has 2 fully saturated rings. The van der Waals surface area contributed by atoms with Crippen molar-refractivity contribution in [1.29, 1.82) is 0 Å². The standard InChI is InChI=1S/C10H20N2.2ClH/c11-10(4-6-12-7-5-10)8-9-2-1-3-9;;/h9,12H,1-8,11H2;2*1H. The van der Waals surface area contributed by atoms with Crippen LogP contribution in [0, 0.1) is 5.92 Å². The summed E-state index contributed by atoms with van der Waals surface area (Å²) in [5.74, 6) is 0.966. The van der Waals surface area contributed by atoms with Gasteiger partial charge in [0.1, 0.15) is 0 Å². The van der Waals surface area contributed by atoms with Crippen molar-refractivity contribution in [3.63, 3.8) is 0 Å². The second kappa shape index (κ2) is 6.16. The lowest BCUT2D eigenvalue weighted by Crippen LogP contribution is -2.50. The molecule has 1 aliphatic heterocycles. The van der Waals surface area contributed by atoms with Gasteiger partial charge < -0.3 is 11.1 Å². The van der Waals surface area contributed by atoms with Crippen LogP contribution in [0.2, 0.25) is 0 Å². The minimum atomic E-state index is 0. The van der Waals surface area contributed by atoms with Gasteiger partial charge in [-0.05, 0) is 38.3 Å². The molecule has 86 valence electrons. The summed E-state index contributed by atoms with van der Waals surface area (Å²) < 4.78 is 0. The van der Waals surface area contributed by atoms with Crippen LogP contribution in [-0.2, 0) is 0 Å². The third-order valence-electron chi connectivity index (χ3n) is 3.52. The van der Waals surface area contributed by atoms with Crippen LogP contribution in [0.3, 0.4) is 0 Å². The predicted molar refractivity (Wildman–Crippen MR) is 65.5 cm³/mol. The second-order valence-electron chi connectivity index (χ2n) is 4.61. The van der Waals surface area contributed by atoms with E-state index in [-0.39, 0.29) is 30.4 Å². The number of nitrogens with two attached hydrogens (primary N) is 1.